The van der Waals surface area contributed by atoms with Gasteiger partial charge < -0.3 is 4.90 Å². The van der Waals surface area contributed by atoms with Crippen molar-refractivity contribution < 1.29 is 9.59 Å². The molecule has 0 spiro atoms. The maximum Gasteiger partial charge on any atom is 0.229 e. The molecule has 0 aliphatic carbocycles. The molecule has 2 amide bonds. The molecule has 124 valence electrons. The van der Waals surface area contributed by atoms with Crippen LogP contribution in [-0.2, 0) is 9.59 Å². The zero-order chi connectivity index (χ0) is 16.1. The second-order valence-corrected chi connectivity index (χ2v) is 6.02. The predicted octanol–water partition coefficient (Wildman–Crippen LogP) is 0.528. The molecule has 2 fully saturated rings. The Kier molecular flexibility index (Phi) is 5.17. The molecular formula is C16H23N5O2. The highest BCUT2D eigenvalue weighted by Gasteiger charge is 2.28. The van der Waals surface area contributed by atoms with Gasteiger partial charge >= 0.3 is 0 Å². The van der Waals surface area contributed by atoms with Crippen LogP contribution < -0.4 is 4.90 Å². The molecule has 0 saturated carbocycles. The summed E-state index contributed by atoms with van der Waals surface area (Å²) < 4.78 is 0. The van der Waals surface area contributed by atoms with E-state index in [9.17, 15) is 9.59 Å². The molecule has 0 atom stereocenters. The summed E-state index contributed by atoms with van der Waals surface area (Å²) in [4.78, 5) is 37.7. The number of rotatable bonds is 6. The SMILES string of the molecule is O=C1CCC(=O)N1CCCCN1CCN(c2ncccn2)CC1. The number of nitrogens with zero attached hydrogens (tertiary/aromatic N) is 5. The molecule has 2 aliphatic rings. The smallest absolute Gasteiger partial charge is 0.229 e. The third kappa shape index (κ3) is 4.04. The number of anilines is 1. The second kappa shape index (κ2) is 7.50. The summed E-state index contributed by atoms with van der Waals surface area (Å²) in [5.41, 5.74) is 0. The highest BCUT2D eigenvalue weighted by molar-refractivity contribution is 6.01. The Hall–Kier alpha value is -2.02. The molecule has 0 N–H and O–H groups in total. The van der Waals surface area contributed by atoms with Gasteiger partial charge in [0.15, 0.2) is 0 Å². The molecule has 3 rings (SSSR count). The number of imide groups is 1. The zero-order valence-electron chi connectivity index (χ0n) is 13.4. The molecule has 1 aromatic heterocycles. The van der Waals surface area contributed by atoms with Crippen LogP contribution in [-0.4, -0.2) is 70.9 Å². The van der Waals surface area contributed by atoms with Crippen LogP contribution >= 0.6 is 0 Å². The molecule has 23 heavy (non-hydrogen) atoms. The first kappa shape index (κ1) is 15.9. The van der Waals surface area contributed by atoms with Crippen LogP contribution in [0, 0.1) is 0 Å². The van der Waals surface area contributed by atoms with E-state index in [0.29, 0.717) is 19.4 Å². The van der Waals surface area contributed by atoms with Crippen LogP contribution in [0.1, 0.15) is 25.7 Å². The summed E-state index contributed by atoms with van der Waals surface area (Å²) in [6, 6.07) is 1.83. The normalized spacial score (nSPS) is 19.7. The van der Waals surface area contributed by atoms with Gasteiger partial charge in [0, 0.05) is 58.0 Å². The van der Waals surface area contributed by atoms with Gasteiger partial charge in [-0.1, -0.05) is 0 Å². The largest absolute Gasteiger partial charge is 0.338 e. The van der Waals surface area contributed by atoms with Crippen LogP contribution in [0.4, 0.5) is 5.95 Å². The Labute approximate surface area is 136 Å². The molecule has 0 unspecified atom stereocenters. The van der Waals surface area contributed by atoms with Crippen molar-refractivity contribution in [2.24, 2.45) is 0 Å². The standard InChI is InChI=1S/C16H23N5O2/c22-14-4-5-15(23)21(14)9-2-1-8-19-10-12-20(13-11-19)16-17-6-3-7-18-16/h3,6-7H,1-2,4-5,8-13H2. The Morgan fingerprint density at radius 1 is 0.870 bits per heavy atom. The fourth-order valence-electron chi connectivity index (χ4n) is 3.10. The van der Waals surface area contributed by atoms with E-state index in [-0.39, 0.29) is 11.8 Å². The molecule has 0 bridgehead atoms. The van der Waals surface area contributed by atoms with E-state index >= 15 is 0 Å². The van der Waals surface area contributed by atoms with Gasteiger partial charge in [-0.05, 0) is 25.5 Å². The fraction of sp³-hybridized carbons (Fsp3) is 0.625. The third-order valence-corrected chi connectivity index (χ3v) is 4.47. The highest BCUT2D eigenvalue weighted by Crippen LogP contribution is 2.13. The first-order chi connectivity index (χ1) is 11.2. The minimum atomic E-state index is -0.00789. The van der Waals surface area contributed by atoms with E-state index in [2.05, 4.69) is 19.8 Å². The number of carbonyl (C=O) groups is 2. The average Bonchev–Trinajstić information content (AvgIpc) is 2.92. The first-order valence-electron chi connectivity index (χ1n) is 8.31. The number of likely N-dealkylation sites (tertiary alicyclic amines) is 1. The lowest BCUT2D eigenvalue weighted by Gasteiger charge is -2.34. The quantitative estimate of drug-likeness (QED) is 0.563. The number of aromatic nitrogens is 2. The first-order valence-corrected chi connectivity index (χ1v) is 8.31. The summed E-state index contributed by atoms with van der Waals surface area (Å²) >= 11 is 0. The average molecular weight is 317 g/mol. The molecule has 7 heteroatoms. The Bertz CT molecular complexity index is 527. The van der Waals surface area contributed by atoms with Crippen molar-refractivity contribution in [3.05, 3.63) is 18.5 Å². The van der Waals surface area contributed by atoms with Gasteiger partial charge in [0.2, 0.25) is 17.8 Å². The van der Waals surface area contributed by atoms with Crippen LogP contribution in [0.2, 0.25) is 0 Å². The van der Waals surface area contributed by atoms with E-state index in [1.165, 1.54) is 4.90 Å². The molecule has 0 aromatic carbocycles. The number of unbranched alkanes of at least 4 members (excludes halogenated alkanes) is 1. The zero-order valence-corrected chi connectivity index (χ0v) is 13.4. The topological polar surface area (TPSA) is 69.6 Å². The van der Waals surface area contributed by atoms with Crippen LogP contribution in [0.25, 0.3) is 0 Å². The Morgan fingerprint density at radius 2 is 1.48 bits per heavy atom. The number of hydrogen-bond acceptors (Lipinski definition) is 6. The molecule has 2 aliphatic heterocycles. The number of amides is 2. The van der Waals surface area contributed by atoms with Gasteiger partial charge in [0.25, 0.3) is 0 Å². The van der Waals surface area contributed by atoms with Crippen molar-refractivity contribution in [2.45, 2.75) is 25.7 Å². The van der Waals surface area contributed by atoms with Gasteiger partial charge in [-0.15, -0.1) is 0 Å². The molecule has 1 aromatic rings. The minimum absolute atomic E-state index is 0.00789. The van der Waals surface area contributed by atoms with E-state index in [1.807, 2.05) is 6.07 Å². The van der Waals surface area contributed by atoms with Crippen molar-refractivity contribution in [3.8, 4) is 0 Å². The monoisotopic (exact) mass is 317 g/mol. The number of hydrogen-bond donors (Lipinski definition) is 0. The fourth-order valence-corrected chi connectivity index (χ4v) is 3.10. The summed E-state index contributed by atoms with van der Waals surface area (Å²) in [6.45, 7) is 5.47. The lowest BCUT2D eigenvalue weighted by Crippen LogP contribution is -2.47. The van der Waals surface area contributed by atoms with Gasteiger partial charge in [0.1, 0.15) is 0 Å². The summed E-state index contributed by atoms with van der Waals surface area (Å²) in [5.74, 6) is 0.788. The van der Waals surface area contributed by atoms with Crippen LogP contribution in [0.3, 0.4) is 0 Å². The lowest BCUT2D eigenvalue weighted by molar-refractivity contribution is -0.138. The van der Waals surface area contributed by atoms with Crippen LogP contribution in [0.15, 0.2) is 18.5 Å². The summed E-state index contributed by atoms with van der Waals surface area (Å²) in [5, 5.41) is 0. The van der Waals surface area contributed by atoms with Gasteiger partial charge in [-0.25, -0.2) is 9.97 Å². The summed E-state index contributed by atoms with van der Waals surface area (Å²) in [6.07, 6.45) is 6.23. The molecule has 2 saturated heterocycles. The van der Waals surface area contributed by atoms with E-state index < -0.39 is 0 Å². The lowest BCUT2D eigenvalue weighted by atomic mass is 10.2. The van der Waals surface area contributed by atoms with Crippen molar-refractivity contribution in [1.82, 2.24) is 19.8 Å². The highest BCUT2D eigenvalue weighted by atomic mass is 16.2. The van der Waals surface area contributed by atoms with E-state index in [1.54, 1.807) is 12.4 Å². The minimum Gasteiger partial charge on any atom is -0.338 e. The Balaban J connectivity index is 1.33. The maximum atomic E-state index is 11.5. The van der Waals surface area contributed by atoms with E-state index in [0.717, 1.165) is 51.5 Å². The van der Waals surface area contributed by atoms with E-state index in [4.69, 9.17) is 0 Å². The van der Waals surface area contributed by atoms with Crippen molar-refractivity contribution >= 4 is 17.8 Å². The van der Waals surface area contributed by atoms with Gasteiger partial charge in [0.05, 0.1) is 0 Å². The Morgan fingerprint density at radius 3 is 2.13 bits per heavy atom. The predicted molar refractivity (Wildman–Crippen MR) is 85.9 cm³/mol. The second-order valence-electron chi connectivity index (χ2n) is 6.02. The van der Waals surface area contributed by atoms with Gasteiger partial charge in [-0.2, -0.15) is 0 Å². The number of carbonyl (C=O) groups excluding carboxylic acids is 2. The molecule has 0 radical (unpaired) electrons. The number of piperazine rings is 1. The molecular weight excluding hydrogens is 294 g/mol. The van der Waals surface area contributed by atoms with Crippen molar-refractivity contribution in [2.75, 3.05) is 44.2 Å². The maximum absolute atomic E-state index is 11.5. The van der Waals surface area contributed by atoms with Gasteiger partial charge in [-0.3, -0.25) is 19.4 Å². The molecule has 7 nitrogen and oxygen atoms in total. The van der Waals surface area contributed by atoms with Crippen LogP contribution in [0.5, 0.6) is 0 Å². The summed E-state index contributed by atoms with van der Waals surface area (Å²) in [7, 11) is 0. The van der Waals surface area contributed by atoms with Crippen molar-refractivity contribution in [1.29, 1.82) is 0 Å². The third-order valence-electron chi connectivity index (χ3n) is 4.47. The molecule has 3 heterocycles. The van der Waals surface area contributed by atoms with Crippen molar-refractivity contribution in [3.63, 3.8) is 0 Å².